The van der Waals surface area contributed by atoms with Crippen molar-refractivity contribution in [3.63, 3.8) is 0 Å². The van der Waals surface area contributed by atoms with Gasteiger partial charge in [-0.3, -0.25) is 4.90 Å². The normalized spacial score (nSPS) is 11.7. The van der Waals surface area contributed by atoms with Crippen LogP contribution < -0.4 is 0 Å². The molecular formula is C18H37ClF3N. The Kier molecular flexibility index (Phi) is 18.6. The van der Waals surface area contributed by atoms with Crippen LogP contribution in [0.2, 0.25) is 0 Å². The largest absolute Gasteiger partial charge is 0.401 e. The minimum Gasteiger partial charge on any atom is -0.295 e. The zero-order valence-electron chi connectivity index (χ0n) is 15.1. The standard InChI is InChI=1S/C18H36F3N.ClH/c1-3-5-7-9-11-13-15-22(17-18(19,20)21)16-14-12-10-8-6-4-2;/h3-17H2,1-2H3;1H. The van der Waals surface area contributed by atoms with E-state index in [4.69, 9.17) is 0 Å². The van der Waals surface area contributed by atoms with Crippen LogP contribution in [0.15, 0.2) is 0 Å². The number of rotatable bonds is 15. The Morgan fingerprint density at radius 1 is 0.609 bits per heavy atom. The summed E-state index contributed by atoms with van der Waals surface area (Å²) in [5.41, 5.74) is 0. The Morgan fingerprint density at radius 3 is 1.30 bits per heavy atom. The lowest BCUT2D eigenvalue weighted by Crippen LogP contribution is -2.35. The topological polar surface area (TPSA) is 3.24 Å². The molecule has 0 atom stereocenters. The fraction of sp³-hybridized carbons (Fsp3) is 1.00. The highest BCUT2D eigenvalue weighted by atomic mass is 35.5. The monoisotopic (exact) mass is 359 g/mol. The molecule has 0 spiro atoms. The van der Waals surface area contributed by atoms with E-state index in [1.165, 1.54) is 38.5 Å². The molecule has 0 aliphatic carbocycles. The highest BCUT2D eigenvalue weighted by Gasteiger charge is 2.30. The van der Waals surface area contributed by atoms with Crippen LogP contribution in [0.1, 0.15) is 90.9 Å². The molecule has 0 heterocycles. The van der Waals surface area contributed by atoms with Gasteiger partial charge in [-0.2, -0.15) is 13.2 Å². The Morgan fingerprint density at radius 2 is 0.957 bits per heavy atom. The molecule has 142 valence electrons. The van der Waals surface area contributed by atoms with Crippen LogP contribution in [0.3, 0.4) is 0 Å². The number of hydrogen-bond acceptors (Lipinski definition) is 1. The summed E-state index contributed by atoms with van der Waals surface area (Å²) in [7, 11) is 0. The summed E-state index contributed by atoms with van der Waals surface area (Å²) in [6.07, 6.45) is 9.49. The van der Waals surface area contributed by atoms with E-state index >= 15 is 0 Å². The molecule has 0 N–H and O–H groups in total. The molecule has 0 radical (unpaired) electrons. The van der Waals surface area contributed by atoms with E-state index in [1.807, 2.05) is 0 Å². The fourth-order valence-electron chi connectivity index (χ4n) is 2.75. The van der Waals surface area contributed by atoms with Crippen molar-refractivity contribution in [2.75, 3.05) is 19.6 Å². The van der Waals surface area contributed by atoms with Gasteiger partial charge in [-0.25, -0.2) is 0 Å². The van der Waals surface area contributed by atoms with Gasteiger partial charge in [0, 0.05) is 0 Å². The SMILES string of the molecule is CCCCCCCCN(CCCCCCCC)CC(F)(F)F.Cl. The van der Waals surface area contributed by atoms with Crippen LogP contribution in [0.25, 0.3) is 0 Å². The second-order valence-electron chi connectivity index (χ2n) is 6.43. The molecule has 0 aromatic rings. The van der Waals surface area contributed by atoms with E-state index in [9.17, 15) is 13.2 Å². The van der Waals surface area contributed by atoms with Crippen LogP contribution in [0, 0.1) is 0 Å². The van der Waals surface area contributed by atoms with Gasteiger partial charge in [0.05, 0.1) is 6.54 Å². The van der Waals surface area contributed by atoms with Crippen molar-refractivity contribution in [2.45, 2.75) is 97.1 Å². The number of unbranched alkanes of at least 4 members (excludes halogenated alkanes) is 10. The van der Waals surface area contributed by atoms with Gasteiger partial charge < -0.3 is 0 Å². The molecule has 0 rings (SSSR count). The second-order valence-corrected chi connectivity index (χ2v) is 6.43. The van der Waals surface area contributed by atoms with Gasteiger partial charge in [0.15, 0.2) is 0 Å². The summed E-state index contributed by atoms with van der Waals surface area (Å²) in [6.45, 7) is 4.80. The molecule has 0 unspecified atom stereocenters. The zero-order valence-corrected chi connectivity index (χ0v) is 15.9. The van der Waals surface area contributed by atoms with E-state index in [2.05, 4.69) is 13.8 Å². The third kappa shape index (κ3) is 20.0. The van der Waals surface area contributed by atoms with Gasteiger partial charge in [-0.15, -0.1) is 12.4 Å². The van der Waals surface area contributed by atoms with Gasteiger partial charge in [-0.05, 0) is 25.9 Å². The Labute approximate surface area is 147 Å². The van der Waals surface area contributed by atoms with Crippen LogP contribution in [0.5, 0.6) is 0 Å². The van der Waals surface area contributed by atoms with Gasteiger partial charge >= 0.3 is 6.18 Å². The second kappa shape index (κ2) is 16.9. The van der Waals surface area contributed by atoms with E-state index in [-0.39, 0.29) is 12.4 Å². The van der Waals surface area contributed by atoms with E-state index in [1.54, 1.807) is 4.90 Å². The third-order valence-corrected chi connectivity index (χ3v) is 4.06. The van der Waals surface area contributed by atoms with Crippen molar-refractivity contribution >= 4 is 12.4 Å². The van der Waals surface area contributed by atoms with Crippen LogP contribution in [0.4, 0.5) is 13.2 Å². The molecule has 0 aromatic carbocycles. The minimum atomic E-state index is -4.07. The number of hydrogen-bond donors (Lipinski definition) is 0. The van der Waals surface area contributed by atoms with E-state index in [0.29, 0.717) is 13.1 Å². The predicted octanol–water partition coefficient (Wildman–Crippen LogP) is 6.99. The summed E-state index contributed by atoms with van der Waals surface area (Å²) in [4.78, 5) is 1.61. The number of alkyl halides is 3. The van der Waals surface area contributed by atoms with E-state index < -0.39 is 12.7 Å². The Hall–Kier alpha value is 0.0400. The fourth-order valence-corrected chi connectivity index (χ4v) is 2.75. The molecule has 0 aromatic heterocycles. The van der Waals surface area contributed by atoms with Gasteiger partial charge in [-0.1, -0.05) is 78.1 Å². The molecule has 5 heteroatoms. The number of nitrogens with zero attached hydrogens (tertiary/aromatic N) is 1. The van der Waals surface area contributed by atoms with Crippen molar-refractivity contribution in [3.05, 3.63) is 0 Å². The lowest BCUT2D eigenvalue weighted by Gasteiger charge is -2.23. The summed E-state index contributed by atoms with van der Waals surface area (Å²) in [5.74, 6) is 0. The molecule has 1 nitrogen and oxygen atoms in total. The van der Waals surface area contributed by atoms with Crippen molar-refractivity contribution < 1.29 is 13.2 Å². The summed E-state index contributed by atoms with van der Waals surface area (Å²) in [6, 6.07) is 0. The van der Waals surface area contributed by atoms with Crippen LogP contribution in [-0.2, 0) is 0 Å². The molecule has 0 amide bonds. The van der Waals surface area contributed by atoms with Crippen molar-refractivity contribution in [2.24, 2.45) is 0 Å². The molecule has 23 heavy (non-hydrogen) atoms. The highest BCUT2D eigenvalue weighted by Crippen LogP contribution is 2.18. The maximum Gasteiger partial charge on any atom is 0.401 e. The maximum absolute atomic E-state index is 12.6. The first-order valence-corrected chi connectivity index (χ1v) is 9.28. The lowest BCUT2D eigenvalue weighted by molar-refractivity contribution is -0.146. The van der Waals surface area contributed by atoms with E-state index in [0.717, 1.165) is 38.5 Å². The number of halogens is 4. The molecule has 0 saturated heterocycles. The average Bonchev–Trinajstić information content (AvgIpc) is 2.44. The maximum atomic E-state index is 12.6. The summed E-state index contributed by atoms with van der Waals surface area (Å²) < 4.78 is 37.8. The molecule has 0 bridgehead atoms. The predicted molar refractivity (Wildman–Crippen MR) is 96.5 cm³/mol. The quantitative estimate of drug-likeness (QED) is 0.285. The Balaban J connectivity index is 0. The third-order valence-electron chi connectivity index (χ3n) is 4.06. The van der Waals surface area contributed by atoms with Gasteiger partial charge in [0.1, 0.15) is 0 Å². The molecule has 0 fully saturated rings. The minimum absolute atomic E-state index is 0. The van der Waals surface area contributed by atoms with Crippen LogP contribution in [-0.4, -0.2) is 30.7 Å². The molecule has 0 aliphatic rings. The molecular weight excluding hydrogens is 323 g/mol. The zero-order chi connectivity index (χ0) is 16.7. The summed E-state index contributed by atoms with van der Waals surface area (Å²) in [5, 5.41) is 0. The van der Waals surface area contributed by atoms with Crippen molar-refractivity contribution in [1.82, 2.24) is 4.90 Å². The molecule has 0 saturated carbocycles. The lowest BCUT2D eigenvalue weighted by atomic mass is 10.1. The van der Waals surface area contributed by atoms with Crippen molar-refractivity contribution in [1.29, 1.82) is 0 Å². The first-order chi connectivity index (χ1) is 10.5. The van der Waals surface area contributed by atoms with Crippen LogP contribution >= 0.6 is 12.4 Å². The molecule has 0 aliphatic heterocycles. The van der Waals surface area contributed by atoms with Crippen molar-refractivity contribution in [3.8, 4) is 0 Å². The van der Waals surface area contributed by atoms with Gasteiger partial charge in [0.25, 0.3) is 0 Å². The smallest absolute Gasteiger partial charge is 0.295 e. The van der Waals surface area contributed by atoms with Gasteiger partial charge in [0.2, 0.25) is 0 Å². The first kappa shape index (κ1) is 25.3. The first-order valence-electron chi connectivity index (χ1n) is 9.28. The average molecular weight is 360 g/mol. The summed E-state index contributed by atoms with van der Waals surface area (Å²) >= 11 is 0. The Bertz CT molecular complexity index is 219. The highest BCUT2D eigenvalue weighted by molar-refractivity contribution is 5.85.